The third-order valence-corrected chi connectivity index (χ3v) is 4.56. The molecule has 0 aromatic rings. The van der Waals surface area contributed by atoms with Crippen LogP contribution in [0.5, 0.6) is 0 Å². The summed E-state index contributed by atoms with van der Waals surface area (Å²) in [4.78, 5) is 11.3. The van der Waals surface area contributed by atoms with Gasteiger partial charge in [0.05, 0.1) is 0 Å². The van der Waals surface area contributed by atoms with Gasteiger partial charge in [-0.2, -0.15) is 0 Å². The summed E-state index contributed by atoms with van der Waals surface area (Å²) in [6.45, 7) is 0. The fraction of sp³-hybridized carbons (Fsp3) is 0.727. The standard InChI is InChI=1S/C11H14BrClO/c12-7-3-6-11(13)9-5-2-1-4-8(9)10(11)14/h2,5,8-9H,1,3-4,6-7H2/t8-,9+,11+/m1/s1. The zero-order valence-electron chi connectivity index (χ0n) is 8.01. The third kappa shape index (κ3) is 1.47. The number of Topliss-reactive ketones (excluding diaryl/α,β-unsaturated/α-hetero) is 1. The van der Waals surface area contributed by atoms with E-state index in [2.05, 4.69) is 28.1 Å². The second-order valence-corrected chi connectivity index (χ2v) is 5.62. The maximum Gasteiger partial charge on any atom is 0.158 e. The number of rotatable bonds is 3. The molecule has 0 aromatic carbocycles. The summed E-state index contributed by atoms with van der Waals surface area (Å²) in [7, 11) is 0. The number of halogens is 2. The zero-order chi connectivity index (χ0) is 10.2. The molecule has 0 aromatic heterocycles. The van der Waals surface area contributed by atoms with Crippen molar-refractivity contribution in [2.75, 3.05) is 5.33 Å². The summed E-state index contributed by atoms with van der Waals surface area (Å²) in [5.74, 6) is 0.826. The lowest BCUT2D eigenvalue weighted by Gasteiger charge is -2.50. The Labute approximate surface area is 98.0 Å². The van der Waals surface area contributed by atoms with Crippen molar-refractivity contribution < 1.29 is 4.79 Å². The summed E-state index contributed by atoms with van der Waals surface area (Å²) in [6.07, 6.45) is 8.15. The predicted octanol–water partition coefficient (Wildman–Crippen LogP) is 3.30. The largest absolute Gasteiger partial charge is 0.297 e. The highest BCUT2D eigenvalue weighted by molar-refractivity contribution is 9.09. The lowest BCUT2D eigenvalue weighted by Crippen LogP contribution is -2.59. The summed E-state index contributed by atoms with van der Waals surface area (Å²) >= 11 is 9.76. The number of carbonyl (C=O) groups excluding carboxylic acids is 1. The Hall–Kier alpha value is 0.180. The van der Waals surface area contributed by atoms with E-state index in [-0.39, 0.29) is 11.7 Å². The lowest BCUT2D eigenvalue weighted by molar-refractivity contribution is -0.138. The minimum absolute atomic E-state index is 0.229. The van der Waals surface area contributed by atoms with E-state index in [0.717, 1.165) is 31.0 Å². The van der Waals surface area contributed by atoms with Crippen LogP contribution in [-0.2, 0) is 4.79 Å². The van der Waals surface area contributed by atoms with Crippen LogP contribution in [0.25, 0.3) is 0 Å². The average molecular weight is 278 g/mol. The first-order valence-electron chi connectivity index (χ1n) is 5.16. The van der Waals surface area contributed by atoms with E-state index in [1.165, 1.54) is 0 Å². The molecule has 2 rings (SSSR count). The van der Waals surface area contributed by atoms with E-state index >= 15 is 0 Å². The van der Waals surface area contributed by atoms with Gasteiger partial charge in [0, 0.05) is 17.2 Å². The number of carbonyl (C=O) groups is 1. The Morgan fingerprint density at radius 2 is 2.43 bits per heavy atom. The minimum Gasteiger partial charge on any atom is -0.297 e. The molecular weight excluding hydrogens is 263 g/mol. The van der Waals surface area contributed by atoms with Gasteiger partial charge in [-0.25, -0.2) is 0 Å². The molecule has 1 saturated carbocycles. The molecule has 1 fully saturated rings. The number of hydrogen-bond donors (Lipinski definition) is 0. The third-order valence-electron chi connectivity index (χ3n) is 3.37. The first kappa shape index (κ1) is 10.7. The molecule has 1 nitrogen and oxygen atoms in total. The average Bonchev–Trinajstić information content (AvgIpc) is 2.25. The van der Waals surface area contributed by atoms with Crippen molar-refractivity contribution in [1.82, 2.24) is 0 Å². The van der Waals surface area contributed by atoms with Crippen LogP contribution < -0.4 is 0 Å². The number of hydrogen-bond acceptors (Lipinski definition) is 1. The SMILES string of the molecule is O=C1[C@@H]2CCC=C[C@@H]2[C@@]1(Cl)CCCBr. The molecule has 0 bridgehead atoms. The molecule has 2 aliphatic carbocycles. The van der Waals surface area contributed by atoms with Gasteiger partial charge in [0.15, 0.2) is 5.78 Å². The molecule has 0 unspecified atom stereocenters. The van der Waals surface area contributed by atoms with Gasteiger partial charge in [0.2, 0.25) is 0 Å². The van der Waals surface area contributed by atoms with Crippen molar-refractivity contribution in [3.63, 3.8) is 0 Å². The molecule has 0 aliphatic heterocycles. The summed E-state index contributed by atoms with van der Waals surface area (Å²) in [5, 5.41) is 0.926. The first-order valence-corrected chi connectivity index (χ1v) is 6.66. The second kappa shape index (κ2) is 3.97. The fourth-order valence-corrected chi connectivity index (χ4v) is 3.37. The number of alkyl halides is 2. The van der Waals surface area contributed by atoms with Gasteiger partial charge in [-0.05, 0) is 25.7 Å². The van der Waals surface area contributed by atoms with E-state index in [0.29, 0.717) is 5.92 Å². The van der Waals surface area contributed by atoms with E-state index in [1.54, 1.807) is 0 Å². The Morgan fingerprint density at radius 1 is 1.64 bits per heavy atom. The second-order valence-electron chi connectivity index (χ2n) is 4.16. The van der Waals surface area contributed by atoms with Crippen molar-refractivity contribution in [2.45, 2.75) is 30.6 Å². The summed E-state index contributed by atoms with van der Waals surface area (Å²) in [5.41, 5.74) is 0. The number of fused-ring (bicyclic) bond motifs is 1. The highest BCUT2D eigenvalue weighted by atomic mass is 79.9. The highest BCUT2D eigenvalue weighted by Gasteiger charge is 2.59. The van der Waals surface area contributed by atoms with Crippen molar-refractivity contribution in [3.05, 3.63) is 12.2 Å². The van der Waals surface area contributed by atoms with Gasteiger partial charge in [-0.3, -0.25) is 4.79 Å². The molecule has 3 atom stereocenters. The molecule has 78 valence electrons. The Balaban J connectivity index is 2.08. The highest BCUT2D eigenvalue weighted by Crippen LogP contribution is 2.52. The summed E-state index contributed by atoms with van der Waals surface area (Å²) < 4.78 is 0. The molecule has 0 amide bonds. The van der Waals surface area contributed by atoms with Crippen LogP contribution in [-0.4, -0.2) is 16.0 Å². The smallest absolute Gasteiger partial charge is 0.158 e. The normalized spacial score (nSPS) is 40.6. The van der Waals surface area contributed by atoms with Crippen molar-refractivity contribution >= 4 is 33.3 Å². The Bertz CT molecular complexity index is 276. The van der Waals surface area contributed by atoms with Gasteiger partial charge >= 0.3 is 0 Å². The Morgan fingerprint density at radius 3 is 3.14 bits per heavy atom. The van der Waals surface area contributed by atoms with Crippen molar-refractivity contribution in [2.24, 2.45) is 11.8 Å². The molecule has 0 N–H and O–H groups in total. The molecule has 0 heterocycles. The predicted molar refractivity (Wildman–Crippen MR) is 62.0 cm³/mol. The van der Waals surface area contributed by atoms with Gasteiger partial charge in [0.25, 0.3) is 0 Å². The van der Waals surface area contributed by atoms with Crippen molar-refractivity contribution in [3.8, 4) is 0 Å². The maximum atomic E-state index is 11.8. The molecular formula is C11H14BrClO. The molecule has 3 heteroatoms. The number of allylic oxidation sites excluding steroid dienone is 2. The van der Waals surface area contributed by atoms with Crippen LogP contribution in [0.2, 0.25) is 0 Å². The van der Waals surface area contributed by atoms with Gasteiger partial charge in [-0.1, -0.05) is 28.1 Å². The fourth-order valence-electron chi connectivity index (χ4n) is 2.59. The topological polar surface area (TPSA) is 17.1 Å². The van der Waals surface area contributed by atoms with E-state index in [4.69, 9.17) is 11.6 Å². The molecule has 0 spiro atoms. The van der Waals surface area contributed by atoms with Crippen LogP contribution in [0.15, 0.2) is 12.2 Å². The van der Waals surface area contributed by atoms with E-state index in [9.17, 15) is 4.79 Å². The van der Waals surface area contributed by atoms with E-state index < -0.39 is 4.87 Å². The van der Waals surface area contributed by atoms with Crippen molar-refractivity contribution in [1.29, 1.82) is 0 Å². The zero-order valence-corrected chi connectivity index (χ0v) is 10.4. The van der Waals surface area contributed by atoms with Crippen LogP contribution in [0.1, 0.15) is 25.7 Å². The molecule has 14 heavy (non-hydrogen) atoms. The van der Waals surface area contributed by atoms with Crippen LogP contribution in [0.3, 0.4) is 0 Å². The van der Waals surface area contributed by atoms with E-state index in [1.807, 2.05) is 0 Å². The van der Waals surface area contributed by atoms with Crippen LogP contribution in [0.4, 0.5) is 0 Å². The van der Waals surface area contributed by atoms with Gasteiger partial charge in [-0.15, -0.1) is 11.6 Å². The summed E-state index contributed by atoms with van der Waals surface area (Å²) in [6, 6.07) is 0. The van der Waals surface area contributed by atoms with Gasteiger partial charge in [0.1, 0.15) is 4.87 Å². The first-order chi connectivity index (χ1) is 6.70. The molecule has 0 radical (unpaired) electrons. The van der Waals surface area contributed by atoms with Gasteiger partial charge < -0.3 is 0 Å². The quantitative estimate of drug-likeness (QED) is 0.571. The molecule has 0 saturated heterocycles. The number of ketones is 1. The van der Waals surface area contributed by atoms with Crippen LogP contribution >= 0.6 is 27.5 Å². The lowest BCUT2D eigenvalue weighted by atomic mass is 9.58. The molecule has 2 aliphatic rings. The monoisotopic (exact) mass is 276 g/mol. The maximum absolute atomic E-state index is 11.8. The minimum atomic E-state index is -0.560. The van der Waals surface area contributed by atoms with Crippen LogP contribution in [0, 0.1) is 11.8 Å². The Kier molecular flexibility index (Phi) is 3.03.